The molecule has 0 spiro atoms. The molecule has 0 aromatic rings. The zero-order valence-electron chi connectivity index (χ0n) is 5.07. The summed E-state index contributed by atoms with van der Waals surface area (Å²) in [6.45, 7) is 2.23. The molecule has 0 heterocycles. The van der Waals surface area contributed by atoms with Crippen LogP contribution in [0.1, 0.15) is 19.8 Å². The van der Waals surface area contributed by atoms with Crippen molar-refractivity contribution in [1.29, 1.82) is 0 Å². The summed E-state index contributed by atoms with van der Waals surface area (Å²) in [4.78, 5) is 0. The zero-order chi connectivity index (χ0) is 5.98. The fourth-order valence-corrected chi connectivity index (χ4v) is 2.24. The fourth-order valence-electron chi connectivity index (χ4n) is 0.882. The van der Waals surface area contributed by atoms with Crippen molar-refractivity contribution in [2.75, 3.05) is 0 Å². The van der Waals surface area contributed by atoms with E-state index >= 15 is 0 Å². The minimum absolute atomic E-state index is 1.23. The topological polar surface area (TPSA) is 0 Å². The summed E-state index contributed by atoms with van der Waals surface area (Å²) in [7, 11) is 0. The Morgan fingerprint density at radius 3 is 2.75 bits per heavy atom. The Morgan fingerprint density at radius 2 is 2.50 bits per heavy atom. The van der Waals surface area contributed by atoms with Crippen LogP contribution in [0, 0.1) is 0 Å². The summed E-state index contributed by atoms with van der Waals surface area (Å²) in [5.74, 6) is 0. The summed E-state index contributed by atoms with van der Waals surface area (Å²) in [6.07, 6.45) is 7.01. The molecule has 0 bridgehead atoms. The maximum absolute atomic E-state index is 2.27. The molecule has 1 aliphatic carbocycles. The monoisotopic (exact) mass is 273 g/mol. The van der Waals surface area contributed by atoms with Gasteiger partial charge in [0, 0.05) is 0 Å². The molecule has 41 valence electrons. The van der Waals surface area contributed by atoms with Gasteiger partial charge in [0.2, 0.25) is 0 Å². The van der Waals surface area contributed by atoms with Crippen LogP contribution < -0.4 is 0 Å². The van der Waals surface area contributed by atoms with Gasteiger partial charge in [0.15, 0.2) is 0 Å². The zero-order valence-corrected chi connectivity index (χ0v) is 8.66. The third-order valence-electron chi connectivity index (χ3n) is 1.41. The number of rotatable bonds is 1. The first-order chi connectivity index (χ1) is 3.84. The van der Waals surface area contributed by atoms with E-state index < -0.39 is 0 Å². The molecule has 0 aliphatic heterocycles. The number of allylic oxidation sites excluding steroid dienone is 4. The quantitative estimate of drug-likeness (QED) is 0.641. The molecule has 1 rings (SSSR count). The summed E-state index contributed by atoms with van der Waals surface area (Å²) in [5.41, 5.74) is 1.59. The van der Waals surface area contributed by atoms with Crippen LogP contribution in [-0.2, 0) is 24.4 Å². The molecule has 0 nitrogen and oxygen atoms in total. The SMILES string of the molecule is CCC1=[C]([Hf])CC=C1. The van der Waals surface area contributed by atoms with E-state index in [1.54, 1.807) is 8.90 Å². The summed E-state index contributed by atoms with van der Waals surface area (Å²) >= 11 is 1.26. The normalized spacial score (nSPS) is 18.0. The van der Waals surface area contributed by atoms with E-state index in [2.05, 4.69) is 19.1 Å². The molecule has 0 unspecified atom stereocenters. The van der Waals surface area contributed by atoms with Crippen molar-refractivity contribution >= 4 is 0 Å². The van der Waals surface area contributed by atoms with Gasteiger partial charge in [0.25, 0.3) is 0 Å². The molecule has 1 aliphatic rings. The van der Waals surface area contributed by atoms with Gasteiger partial charge in [-0.1, -0.05) is 0 Å². The Labute approximate surface area is 65.2 Å². The Balaban J connectivity index is 2.70. The molecule has 0 atom stereocenters. The van der Waals surface area contributed by atoms with Gasteiger partial charge in [-0.05, 0) is 0 Å². The average Bonchev–Trinajstić information content (AvgIpc) is 2.14. The Kier molecular flexibility index (Phi) is 2.24. The minimum atomic E-state index is 1.23. The summed E-state index contributed by atoms with van der Waals surface area (Å²) in [6, 6.07) is 0. The van der Waals surface area contributed by atoms with Gasteiger partial charge in [-0.15, -0.1) is 0 Å². The summed E-state index contributed by atoms with van der Waals surface area (Å²) < 4.78 is 1.69. The van der Waals surface area contributed by atoms with Crippen LogP contribution in [-0.4, -0.2) is 0 Å². The van der Waals surface area contributed by atoms with Gasteiger partial charge in [-0.25, -0.2) is 0 Å². The molecule has 8 heavy (non-hydrogen) atoms. The first-order valence-corrected chi connectivity index (χ1v) is 4.74. The van der Waals surface area contributed by atoms with Crippen molar-refractivity contribution in [3.63, 3.8) is 0 Å². The van der Waals surface area contributed by atoms with Crippen LogP contribution in [0.2, 0.25) is 0 Å². The van der Waals surface area contributed by atoms with Crippen molar-refractivity contribution in [1.82, 2.24) is 0 Å². The second-order valence-corrected chi connectivity index (χ2v) is 4.13. The Bertz CT molecular complexity index is 142. The van der Waals surface area contributed by atoms with E-state index in [1.807, 2.05) is 0 Å². The number of hydrogen-bond donors (Lipinski definition) is 0. The Hall–Kier alpha value is 0.350. The standard InChI is InChI=1S/C7H9.Hf/c1-2-7-5-3-4-6-7;/h3,5H,2,4H2,1H3;. The molecule has 0 aromatic carbocycles. The van der Waals surface area contributed by atoms with Gasteiger partial charge in [0.05, 0.1) is 0 Å². The molecule has 0 amide bonds. The predicted molar refractivity (Wildman–Crippen MR) is 31.1 cm³/mol. The van der Waals surface area contributed by atoms with E-state index in [-0.39, 0.29) is 0 Å². The van der Waals surface area contributed by atoms with Crippen LogP contribution >= 0.6 is 0 Å². The van der Waals surface area contributed by atoms with Crippen LogP contribution in [0.3, 0.4) is 0 Å². The van der Waals surface area contributed by atoms with Crippen molar-refractivity contribution in [2.45, 2.75) is 19.8 Å². The molecular weight excluding hydrogens is 263 g/mol. The van der Waals surface area contributed by atoms with Crippen molar-refractivity contribution in [2.24, 2.45) is 0 Å². The van der Waals surface area contributed by atoms with E-state index in [1.165, 1.54) is 37.2 Å². The average molecular weight is 272 g/mol. The first-order valence-electron chi connectivity index (χ1n) is 2.94. The van der Waals surface area contributed by atoms with Crippen LogP contribution in [0.4, 0.5) is 0 Å². The first kappa shape index (κ1) is 6.47. The maximum atomic E-state index is 2.27. The third kappa shape index (κ3) is 1.19. The van der Waals surface area contributed by atoms with E-state index in [0.717, 1.165) is 0 Å². The van der Waals surface area contributed by atoms with Gasteiger partial charge in [-0.2, -0.15) is 0 Å². The van der Waals surface area contributed by atoms with Gasteiger partial charge >= 0.3 is 65.2 Å². The molecule has 0 N–H and O–H groups in total. The molecular formula is C7H9Hf. The van der Waals surface area contributed by atoms with Crippen LogP contribution in [0.15, 0.2) is 21.1 Å². The molecule has 0 fully saturated rings. The van der Waals surface area contributed by atoms with Crippen molar-refractivity contribution in [3.05, 3.63) is 21.1 Å². The third-order valence-corrected chi connectivity index (χ3v) is 3.30. The van der Waals surface area contributed by atoms with Gasteiger partial charge in [-0.3, -0.25) is 0 Å². The second kappa shape index (κ2) is 2.77. The predicted octanol–water partition coefficient (Wildman–Crippen LogP) is 2.16. The Morgan fingerprint density at radius 1 is 1.75 bits per heavy atom. The van der Waals surface area contributed by atoms with Crippen molar-refractivity contribution < 1.29 is 24.4 Å². The second-order valence-electron chi connectivity index (χ2n) is 1.96. The van der Waals surface area contributed by atoms with E-state index in [0.29, 0.717) is 0 Å². The molecule has 0 saturated carbocycles. The van der Waals surface area contributed by atoms with Gasteiger partial charge in [0.1, 0.15) is 0 Å². The van der Waals surface area contributed by atoms with E-state index in [4.69, 9.17) is 0 Å². The van der Waals surface area contributed by atoms with Crippen LogP contribution in [0.25, 0.3) is 0 Å². The summed E-state index contributed by atoms with van der Waals surface area (Å²) in [5, 5.41) is 0. The van der Waals surface area contributed by atoms with E-state index in [9.17, 15) is 0 Å². The number of hydrogen-bond acceptors (Lipinski definition) is 0. The molecule has 0 saturated heterocycles. The van der Waals surface area contributed by atoms with Gasteiger partial charge < -0.3 is 0 Å². The fraction of sp³-hybridized carbons (Fsp3) is 0.429. The molecule has 0 aromatic heterocycles. The molecule has 0 radical (unpaired) electrons. The van der Waals surface area contributed by atoms with Crippen molar-refractivity contribution in [3.8, 4) is 0 Å². The van der Waals surface area contributed by atoms with Crippen LogP contribution in [0.5, 0.6) is 0 Å². The molecule has 1 heteroatoms.